The molecule has 5 nitrogen and oxygen atoms in total. The fourth-order valence-corrected chi connectivity index (χ4v) is 5.27. The Kier molecular flexibility index (Phi) is 4.14. The van der Waals surface area contributed by atoms with Crippen LogP contribution in [-0.4, -0.2) is 42.1 Å². The summed E-state index contributed by atoms with van der Waals surface area (Å²) in [7, 11) is 0. The van der Waals surface area contributed by atoms with E-state index in [0.29, 0.717) is 12.5 Å². The van der Waals surface area contributed by atoms with Crippen LogP contribution in [0.4, 0.5) is 4.79 Å². The number of likely N-dealkylation sites (tertiary alicyclic amines) is 1. The Morgan fingerprint density at radius 3 is 2.30 bits per heavy atom. The third kappa shape index (κ3) is 3.11. The van der Waals surface area contributed by atoms with Crippen molar-refractivity contribution in [3.63, 3.8) is 0 Å². The molecule has 2 amide bonds. The quantitative estimate of drug-likeness (QED) is 0.888. The topological polar surface area (TPSA) is 58.6 Å². The number of carbonyl (C=O) groups excluding carboxylic acids is 2. The molecule has 1 spiro atoms. The van der Waals surface area contributed by atoms with E-state index in [1.807, 2.05) is 4.90 Å². The first-order valence-corrected chi connectivity index (χ1v) is 10.5. The lowest BCUT2D eigenvalue weighted by Gasteiger charge is -2.45. The Morgan fingerprint density at radius 2 is 1.74 bits per heavy atom. The Hall–Kier alpha value is -2.04. The molecule has 0 radical (unpaired) electrons. The average molecular weight is 368 g/mol. The number of hydrogen-bond acceptors (Lipinski definition) is 3. The van der Waals surface area contributed by atoms with Gasteiger partial charge in [-0.25, -0.2) is 4.79 Å². The van der Waals surface area contributed by atoms with Crippen molar-refractivity contribution in [1.29, 1.82) is 0 Å². The summed E-state index contributed by atoms with van der Waals surface area (Å²) >= 11 is 0. The van der Waals surface area contributed by atoms with Crippen LogP contribution in [0.5, 0.6) is 0 Å². The molecule has 0 aromatic heterocycles. The lowest BCUT2D eigenvalue weighted by Crippen LogP contribution is -2.58. The van der Waals surface area contributed by atoms with E-state index in [1.165, 1.54) is 30.4 Å². The predicted molar refractivity (Wildman–Crippen MR) is 102 cm³/mol. The van der Waals surface area contributed by atoms with Crippen molar-refractivity contribution in [1.82, 2.24) is 10.2 Å². The van der Waals surface area contributed by atoms with E-state index in [2.05, 4.69) is 29.6 Å². The first kappa shape index (κ1) is 17.1. The molecule has 1 aromatic rings. The van der Waals surface area contributed by atoms with E-state index in [4.69, 9.17) is 4.74 Å². The zero-order valence-electron chi connectivity index (χ0n) is 15.8. The third-order valence-electron chi connectivity index (χ3n) is 7.24. The number of piperidine rings is 1. The van der Waals surface area contributed by atoms with E-state index in [1.54, 1.807) is 0 Å². The summed E-state index contributed by atoms with van der Waals surface area (Å²) in [5, 5.41) is 2.88. The van der Waals surface area contributed by atoms with Crippen molar-refractivity contribution >= 4 is 12.0 Å². The number of amides is 2. The molecule has 2 aliphatic heterocycles. The van der Waals surface area contributed by atoms with Crippen molar-refractivity contribution < 1.29 is 14.3 Å². The van der Waals surface area contributed by atoms with Gasteiger partial charge in [-0.2, -0.15) is 0 Å². The highest BCUT2D eigenvalue weighted by atomic mass is 16.6. The minimum atomic E-state index is -0.342. The van der Waals surface area contributed by atoms with Gasteiger partial charge in [0.15, 0.2) is 0 Å². The Balaban J connectivity index is 1.15. The minimum absolute atomic E-state index is 0.0468. The van der Waals surface area contributed by atoms with Crippen LogP contribution >= 0.6 is 0 Å². The van der Waals surface area contributed by atoms with Gasteiger partial charge in [0.25, 0.3) is 0 Å². The molecule has 1 N–H and O–H groups in total. The number of ether oxygens (including phenoxy) is 1. The van der Waals surface area contributed by atoms with E-state index in [9.17, 15) is 9.59 Å². The number of benzene rings is 1. The molecule has 2 aliphatic carbocycles. The zero-order valence-corrected chi connectivity index (χ0v) is 15.8. The fourth-order valence-electron chi connectivity index (χ4n) is 5.27. The summed E-state index contributed by atoms with van der Waals surface area (Å²) in [5.41, 5.74) is 2.70. The van der Waals surface area contributed by atoms with Gasteiger partial charge in [0.05, 0.1) is 5.54 Å². The largest absolute Gasteiger partial charge is 0.447 e. The zero-order chi connectivity index (χ0) is 18.4. The maximum absolute atomic E-state index is 12.8. The molecule has 4 fully saturated rings. The van der Waals surface area contributed by atoms with Crippen LogP contribution in [0.1, 0.15) is 67.9 Å². The molecular weight excluding hydrogens is 340 g/mol. The second-order valence-electron chi connectivity index (χ2n) is 8.98. The summed E-state index contributed by atoms with van der Waals surface area (Å²) in [4.78, 5) is 26.1. The molecule has 0 atom stereocenters. The maximum Gasteiger partial charge on any atom is 0.407 e. The van der Waals surface area contributed by atoms with Gasteiger partial charge in [0.1, 0.15) is 6.61 Å². The smallest absolute Gasteiger partial charge is 0.407 e. The summed E-state index contributed by atoms with van der Waals surface area (Å²) in [6.07, 6.45) is 7.26. The molecule has 5 rings (SSSR count). The van der Waals surface area contributed by atoms with Crippen LogP contribution in [0.25, 0.3) is 0 Å². The van der Waals surface area contributed by atoms with E-state index in [-0.39, 0.29) is 23.5 Å². The van der Waals surface area contributed by atoms with Crippen LogP contribution in [0.2, 0.25) is 0 Å². The fraction of sp³-hybridized carbons (Fsp3) is 0.636. The summed E-state index contributed by atoms with van der Waals surface area (Å²) in [5.74, 6) is 1.66. The number of rotatable bonds is 3. The Bertz CT molecular complexity index is 744. The lowest BCUT2D eigenvalue weighted by molar-refractivity contribution is -0.142. The van der Waals surface area contributed by atoms with Gasteiger partial charge in [-0.15, -0.1) is 0 Å². The van der Waals surface area contributed by atoms with Crippen LogP contribution in [0.3, 0.4) is 0 Å². The minimum Gasteiger partial charge on any atom is -0.447 e. The van der Waals surface area contributed by atoms with Crippen LogP contribution in [0, 0.1) is 5.92 Å². The Labute approximate surface area is 160 Å². The van der Waals surface area contributed by atoms with Crippen LogP contribution in [0.15, 0.2) is 24.3 Å². The van der Waals surface area contributed by atoms with Crippen molar-refractivity contribution in [3.05, 3.63) is 35.4 Å². The standard InChI is InChI=1S/C22H28N2O3/c25-20(19-12-22(13-19)14-27-21(26)23-22)24-9-7-16(8-10-24)18-6-2-5-17(11-18)15-3-1-4-15/h2,5-6,11,15-16,19H,1,3-4,7-10,12-14H2,(H,23,26)/t19-,22+. The van der Waals surface area contributed by atoms with Gasteiger partial charge in [0.2, 0.25) is 5.91 Å². The SMILES string of the molecule is O=C1N[C@]2(CO1)C[C@H](C(=O)N1CCC(c3cccc(C4CCC4)c3)CC1)C2. The highest BCUT2D eigenvalue weighted by Gasteiger charge is 2.53. The first-order valence-electron chi connectivity index (χ1n) is 10.5. The van der Waals surface area contributed by atoms with Crippen LogP contribution in [-0.2, 0) is 9.53 Å². The first-order chi connectivity index (χ1) is 13.1. The highest BCUT2D eigenvalue weighted by Crippen LogP contribution is 2.42. The van der Waals surface area contributed by atoms with Gasteiger partial charge < -0.3 is 15.0 Å². The molecule has 5 heteroatoms. The average Bonchev–Trinajstić information content (AvgIpc) is 3.01. The highest BCUT2D eigenvalue weighted by molar-refractivity contribution is 5.81. The normalized spacial score (nSPS) is 31.2. The Morgan fingerprint density at radius 1 is 1.07 bits per heavy atom. The third-order valence-corrected chi connectivity index (χ3v) is 7.24. The molecule has 27 heavy (non-hydrogen) atoms. The number of cyclic esters (lactones) is 1. The van der Waals surface area contributed by atoms with Gasteiger partial charge in [-0.05, 0) is 61.5 Å². The van der Waals surface area contributed by atoms with E-state index < -0.39 is 0 Å². The second-order valence-corrected chi connectivity index (χ2v) is 8.98. The summed E-state index contributed by atoms with van der Waals surface area (Å²) < 4.78 is 5.01. The predicted octanol–water partition coefficient (Wildman–Crippen LogP) is 3.55. The molecule has 1 aromatic carbocycles. The van der Waals surface area contributed by atoms with Gasteiger partial charge in [0, 0.05) is 19.0 Å². The number of alkyl carbamates (subject to hydrolysis) is 1. The number of nitrogens with zero attached hydrogens (tertiary/aromatic N) is 1. The summed E-state index contributed by atoms with van der Waals surface area (Å²) in [6, 6.07) is 9.18. The lowest BCUT2D eigenvalue weighted by atomic mass is 9.68. The monoisotopic (exact) mass is 368 g/mol. The van der Waals surface area contributed by atoms with Crippen molar-refractivity contribution in [3.8, 4) is 0 Å². The maximum atomic E-state index is 12.8. The number of hydrogen-bond donors (Lipinski definition) is 1. The number of carbonyl (C=O) groups is 2. The van der Waals surface area contributed by atoms with Gasteiger partial charge in [-0.3, -0.25) is 4.79 Å². The van der Waals surface area contributed by atoms with Gasteiger partial charge >= 0.3 is 6.09 Å². The molecule has 2 saturated carbocycles. The molecule has 0 unspecified atom stereocenters. The molecule has 2 heterocycles. The second kappa shape index (κ2) is 6.54. The molecule has 144 valence electrons. The van der Waals surface area contributed by atoms with Crippen molar-refractivity contribution in [2.45, 2.75) is 62.3 Å². The summed E-state index contributed by atoms with van der Waals surface area (Å²) in [6.45, 7) is 2.11. The van der Waals surface area contributed by atoms with E-state index in [0.717, 1.165) is 44.7 Å². The van der Waals surface area contributed by atoms with Gasteiger partial charge in [-0.1, -0.05) is 30.7 Å². The molecule has 2 saturated heterocycles. The molecule has 0 bridgehead atoms. The van der Waals surface area contributed by atoms with E-state index >= 15 is 0 Å². The number of nitrogens with one attached hydrogen (secondary N) is 1. The molecular formula is C22H28N2O3. The van der Waals surface area contributed by atoms with Crippen molar-refractivity contribution in [2.24, 2.45) is 5.92 Å². The molecule has 4 aliphatic rings. The van der Waals surface area contributed by atoms with Crippen LogP contribution < -0.4 is 5.32 Å². The van der Waals surface area contributed by atoms with Crippen molar-refractivity contribution in [2.75, 3.05) is 19.7 Å².